The zero-order valence-corrected chi connectivity index (χ0v) is 18.9. The van der Waals surface area contributed by atoms with E-state index in [1.165, 1.54) is 12.1 Å². The first-order valence-corrected chi connectivity index (χ1v) is 12.1. The predicted molar refractivity (Wildman–Crippen MR) is 126 cm³/mol. The fraction of sp³-hybridized carbons (Fsp3) is 0.174. The lowest BCUT2D eigenvalue weighted by Crippen LogP contribution is -2.22. The van der Waals surface area contributed by atoms with Crippen LogP contribution in [-0.4, -0.2) is 26.7 Å². The highest BCUT2D eigenvalue weighted by atomic mass is 32.2. The minimum atomic E-state index is -3.74. The second-order valence-electron chi connectivity index (χ2n) is 6.79. The van der Waals surface area contributed by atoms with Gasteiger partial charge in [-0.15, -0.1) is 11.8 Å². The molecule has 0 heterocycles. The van der Waals surface area contributed by atoms with E-state index in [1.54, 1.807) is 55.3 Å². The molecule has 162 valence electrons. The van der Waals surface area contributed by atoms with Gasteiger partial charge in [-0.2, -0.15) is 0 Å². The first-order valence-electron chi connectivity index (χ1n) is 9.61. The Morgan fingerprint density at radius 3 is 2.16 bits per heavy atom. The normalized spacial score (nSPS) is 12.1. The van der Waals surface area contributed by atoms with E-state index in [0.29, 0.717) is 17.1 Å². The summed E-state index contributed by atoms with van der Waals surface area (Å²) in [5, 5.41) is 2.58. The molecule has 0 aromatic heterocycles. The van der Waals surface area contributed by atoms with Crippen LogP contribution in [0.2, 0.25) is 0 Å². The Kier molecular flexibility index (Phi) is 7.59. The van der Waals surface area contributed by atoms with Crippen LogP contribution in [0.1, 0.15) is 12.5 Å². The van der Waals surface area contributed by atoms with Crippen molar-refractivity contribution in [1.82, 2.24) is 0 Å². The number of benzene rings is 3. The highest BCUT2D eigenvalue weighted by molar-refractivity contribution is 7.99. The van der Waals surface area contributed by atoms with Gasteiger partial charge < -0.3 is 10.1 Å². The molecule has 0 aliphatic carbocycles. The lowest BCUT2D eigenvalue weighted by atomic mass is 10.2. The van der Waals surface area contributed by atoms with Gasteiger partial charge in [0.25, 0.3) is 10.0 Å². The lowest BCUT2D eigenvalue weighted by molar-refractivity contribution is -0.115. The number of carbonyl (C=O) groups excluding carboxylic acids is 1. The van der Waals surface area contributed by atoms with Crippen LogP contribution < -0.4 is 14.8 Å². The second kappa shape index (κ2) is 10.4. The molecule has 0 fully saturated rings. The Hall–Kier alpha value is -2.97. The van der Waals surface area contributed by atoms with Gasteiger partial charge in [0, 0.05) is 17.1 Å². The quantitative estimate of drug-likeness (QED) is 0.485. The molecule has 6 nitrogen and oxygen atoms in total. The topological polar surface area (TPSA) is 84.5 Å². The van der Waals surface area contributed by atoms with E-state index in [-0.39, 0.29) is 16.1 Å². The van der Waals surface area contributed by atoms with Crippen LogP contribution in [0.5, 0.6) is 5.75 Å². The molecule has 0 aliphatic rings. The molecule has 0 unspecified atom stereocenters. The molecule has 3 aromatic carbocycles. The molecular weight excluding hydrogens is 432 g/mol. The molecule has 2 N–H and O–H groups in total. The number of nitrogens with one attached hydrogen (secondary N) is 2. The molecule has 0 saturated carbocycles. The zero-order chi connectivity index (χ0) is 22.3. The summed E-state index contributed by atoms with van der Waals surface area (Å²) in [4.78, 5) is 12.5. The number of methoxy groups -OCH3 is 1. The van der Waals surface area contributed by atoms with Crippen molar-refractivity contribution in [3.8, 4) is 5.75 Å². The van der Waals surface area contributed by atoms with Gasteiger partial charge in [0.1, 0.15) is 5.75 Å². The fourth-order valence-electron chi connectivity index (χ4n) is 2.71. The van der Waals surface area contributed by atoms with Crippen molar-refractivity contribution in [3.05, 3.63) is 84.4 Å². The van der Waals surface area contributed by atoms with Crippen molar-refractivity contribution in [2.75, 3.05) is 17.1 Å². The van der Waals surface area contributed by atoms with Crippen molar-refractivity contribution in [2.24, 2.45) is 0 Å². The summed E-state index contributed by atoms with van der Waals surface area (Å²) in [5.41, 5.74) is 2.13. The zero-order valence-electron chi connectivity index (χ0n) is 17.2. The second-order valence-corrected chi connectivity index (χ2v) is 9.80. The Balaban J connectivity index is 1.57. The van der Waals surface area contributed by atoms with Crippen molar-refractivity contribution in [3.63, 3.8) is 0 Å². The number of amides is 1. The van der Waals surface area contributed by atoms with Gasteiger partial charge in [0.05, 0.1) is 17.3 Å². The maximum Gasteiger partial charge on any atom is 0.261 e. The van der Waals surface area contributed by atoms with E-state index in [2.05, 4.69) is 10.0 Å². The molecule has 0 spiro atoms. The van der Waals surface area contributed by atoms with E-state index in [1.807, 2.05) is 37.3 Å². The Morgan fingerprint density at radius 1 is 0.935 bits per heavy atom. The summed E-state index contributed by atoms with van der Waals surface area (Å²) in [6, 6.07) is 22.6. The summed E-state index contributed by atoms with van der Waals surface area (Å²) in [6.07, 6.45) is 0. The van der Waals surface area contributed by atoms with E-state index in [9.17, 15) is 13.2 Å². The summed E-state index contributed by atoms with van der Waals surface area (Å²) >= 11 is 1.54. The summed E-state index contributed by atoms with van der Waals surface area (Å²) in [7, 11) is -2.20. The van der Waals surface area contributed by atoms with Crippen LogP contribution in [0.3, 0.4) is 0 Å². The Morgan fingerprint density at radius 2 is 1.55 bits per heavy atom. The summed E-state index contributed by atoms with van der Waals surface area (Å²) < 4.78 is 32.8. The number of thioether (sulfide) groups is 1. The largest absolute Gasteiger partial charge is 0.497 e. The van der Waals surface area contributed by atoms with Gasteiger partial charge in [-0.1, -0.05) is 30.3 Å². The molecule has 1 amide bonds. The van der Waals surface area contributed by atoms with Gasteiger partial charge in [-0.3, -0.25) is 9.52 Å². The summed E-state index contributed by atoms with van der Waals surface area (Å²) in [6.45, 7) is 1.85. The molecule has 3 aromatic rings. The smallest absolute Gasteiger partial charge is 0.261 e. The maximum absolute atomic E-state index is 12.6. The van der Waals surface area contributed by atoms with Crippen LogP contribution >= 0.6 is 11.8 Å². The molecule has 1 atom stereocenters. The molecule has 0 radical (unpaired) electrons. The third kappa shape index (κ3) is 6.50. The molecule has 8 heteroatoms. The predicted octanol–water partition coefficient (Wildman–Crippen LogP) is 4.76. The van der Waals surface area contributed by atoms with Crippen LogP contribution in [0.25, 0.3) is 0 Å². The van der Waals surface area contributed by atoms with Gasteiger partial charge in [-0.25, -0.2) is 8.42 Å². The average Bonchev–Trinajstić information content (AvgIpc) is 2.78. The molecule has 3 rings (SSSR count). The Labute approximate surface area is 187 Å². The van der Waals surface area contributed by atoms with Crippen LogP contribution in [0.15, 0.2) is 83.8 Å². The number of anilines is 2. The third-order valence-corrected chi connectivity index (χ3v) is 7.10. The summed E-state index contributed by atoms with van der Waals surface area (Å²) in [5.74, 6) is 1.25. The minimum Gasteiger partial charge on any atom is -0.497 e. The number of carbonyl (C=O) groups is 1. The highest BCUT2D eigenvalue weighted by Gasteiger charge is 2.16. The minimum absolute atomic E-state index is 0.104. The lowest BCUT2D eigenvalue weighted by Gasteiger charge is -2.13. The number of rotatable bonds is 9. The van der Waals surface area contributed by atoms with Crippen molar-refractivity contribution < 1.29 is 17.9 Å². The molecule has 0 saturated heterocycles. The first-order chi connectivity index (χ1) is 14.9. The van der Waals surface area contributed by atoms with Crippen LogP contribution in [-0.2, 0) is 20.6 Å². The van der Waals surface area contributed by atoms with Gasteiger partial charge in [0.15, 0.2) is 0 Å². The molecular formula is C23H24N2O4S2. The van der Waals surface area contributed by atoms with E-state index in [4.69, 9.17) is 4.74 Å². The molecule has 0 bridgehead atoms. The molecule has 31 heavy (non-hydrogen) atoms. The monoisotopic (exact) mass is 456 g/mol. The Bertz CT molecular complexity index is 1100. The molecule has 0 aliphatic heterocycles. The van der Waals surface area contributed by atoms with Gasteiger partial charge >= 0.3 is 0 Å². The number of hydrogen-bond donors (Lipinski definition) is 2. The number of sulfonamides is 1. The SMILES string of the molecule is COc1ccc(NS(=O)(=O)c2ccc(NC(=O)[C@H](C)SCc3ccccc3)cc2)cc1. The maximum atomic E-state index is 12.6. The average molecular weight is 457 g/mol. The van der Waals surface area contributed by atoms with E-state index < -0.39 is 10.0 Å². The van der Waals surface area contributed by atoms with Crippen LogP contribution in [0, 0.1) is 0 Å². The van der Waals surface area contributed by atoms with Crippen molar-refractivity contribution in [2.45, 2.75) is 22.8 Å². The number of hydrogen-bond acceptors (Lipinski definition) is 5. The number of ether oxygens (including phenoxy) is 1. The van der Waals surface area contributed by atoms with E-state index in [0.717, 1.165) is 11.3 Å². The van der Waals surface area contributed by atoms with E-state index >= 15 is 0 Å². The van der Waals surface area contributed by atoms with Gasteiger partial charge in [0.2, 0.25) is 5.91 Å². The third-order valence-electron chi connectivity index (χ3n) is 4.49. The van der Waals surface area contributed by atoms with Crippen LogP contribution in [0.4, 0.5) is 11.4 Å². The van der Waals surface area contributed by atoms with Crippen molar-refractivity contribution >= 4 is 39.1 Å². The fourth-order valence-corrected chi connectivity index (χ4v) is 4.61. The van der Waals surface area contributed by atoms with Crippen molar-refractivity contribution in [1.29, 1.82) is 0 Å². The standard InChI is InChI=1S/C23H24N2O4S2/c1-17(30-16-18-6-4-3-5-7-18)23(26)24-19-10-14-22(15-11-19)31(27,28)25-20-8-12-21(29-2)13-9-20/h3-15,17,25H,16H2,1-2H3,(H,24,26)/t17-/m0/s1. The first kappa shape index (κ1) is 22.7. The van der Waals surface area contributed by atoms with Gasteiger partial charge in [-0.05, 0) is 61.0 Å². The highest BCUT2D eigenvalue weighted by Crippen LogP contribution is 2.22.